The molecule has 1 amide bonds. The van der Waals surface area contributed by atoms with Crippen LogP contribution in [0.5, 0.6) is 0 Å². The van der Waals surface area contributed by atoms with Gasteiger partial charge in [-0.25, -0.2) is 0 Å². The minimum absolute atomic E-state index is 0.0376. The molecular weight excluding hydrogens is 302 g/mol. The number of benzene rings is 2. The number of fused-ring (bicyclic) bond motifs is 1. The molecule has 1 aliphatic heterocycles. The number of carbonyl (C=O) groups is 2. The summed E-state index contributed by atoms with van der Waals surface area (Å²) in [7, 11) is 0. The maximum atomic E-state index is 11.9. The minimum atomic E-state index is -0.824. The van der Waals surface area contributed by atoms with Crippen molar-refractivity contribution >= 4 is 17.6 Å². The quantitative estimate of drug-likeness (QED) is 0.937. The number of aliphatic carboxylic acids is 1. The molecule has 2 aromatic carbocycles. The van der Waals surface area contributed by atoms with E-state index < -0.39 is 5.97 Å². The molecule has 1 aliphatic rings. The average Bonchev–Trinajstić information content (AvgIpc) is 2.54. The molecule has 1 heterocycles. The third kappa shape index (κ3) is 3.18. The Morgan fingerprint density at radius 3 is 2.42 bits per heavy atom. The van der Waals surface area contributed by atoms with E-state index in [1.165, 1.54) is 5.56 Å². The van der Waals surface area contributed by atoms with Crippen molar-refractivity contribution in [2.75, 3.05) is 4.90 Å². The molecule has 0 bridgehead atoms. The first kappa shape index (κ1) is 16.2. The molecule has 2 aromatic rings. The highest BCUT2D eigenvalue weighted by molar-refractivity contribution is 5.94. The summed E-state index contributed by atoms with van der Waals surface area (Å²) in [4.78, 5) is 24.6. The largest absolute Gasteiger partial charge is 0.481 e. The molecule has 1 atom stereocenters. The topological polar surface area (TPSA) is 57.6 Å². The predicted octanol–water partition coefficient (Wildman–Crippen LogP) is 3.67. The summed E-state index contributed by atoms with van der Waals surface area (Å²) in [6.45, 7) is 3.69. The number of rotatable bonds is 3. The Hall–Kier alpha value is -2.62. The second kappa shape index (κ2) is 6.48. The number of nitrogens with zero attached hydrogens (tertiary/aromatic N) is 1. The zero-order chi connectivity index (χ0) is 17.3. The lowest BCUT2D eigenvalue weighted by Gasteiger charge is -2.34. The number of amides is 1. The van der Waals surface area contributed by atoms with Gasteiger partial charge in [0.2, 0.25) is 5.91 Å². The van der Waals surface area contributed by atoms with Crippen LogP contribution in [0.3, 0.4) is 0 Å². The molecule has 1 N–H and O–H groups in total. The van der Waals surface area contributed by atoms with Crippen molar-refractivity contribution in [1.29, 1.82) is 0 Å². The van der Waals surface area contributed by atoms with E-state index in [1.807, 2.05) is 41.3 Å². The number of hydrogen-bond donors (Lipinski definition) is 1. The smallest absolute Gasteiger partial charge is 0.307 e. The first-order chi connectivity index (χ1) is 11.5. The van der Waals surface area contributed by atoms with Gasteiger partial charge >= 0.3 is 5.97 Å². The van der Waals surface area contributed by atoms with Crippen molar-refractivity contribution in [2.45, 2.75) is 39.2 Å². The summed E-state index contributed by atoms with van der Waals surface area (Å²) in [5.41, 5.74) is 5.14. The lowest BCUT2D eigenvalue weighted by atomic mass is 9.93. The number of aryl methyl sites for hydroxylation is 1. The highest BCUT2D eigenvalue weighted by atomic mass is 16.4. The SMILES string of the molecule is CC(=O)N1c2ccc(-c3ccc(CC(=O)O)cc3)cc2CC[C@@H]1C. The van der Waals surface area contributed by atoms with E-state index in [4.69, 9.17) is 5.11 Å². The van der Waals surface area contributed by atoms with Crippen LogP contribution in [0.2, 0.25) is 0 Å². The number of carboxylic acids is 1. The van der Waals surface area contributed by atoms with Crippen molar-refractivity contribution in [3.63, 3.8) is 0 Å². The van der Waals surface area contributed by atoms with Crippen LogP contribution in [-0.2, 0) is 22.4 Å². The summed E-state index contributed by atoms with van der Waals surface area (Å²) in [6, 6.07) is 14.0. The van der Waals surface area contributed by atoms with Gasteiger partial charge in [0.05, 0.1) is 6.42 Å². The summed E-state index contributed by atoms with van der Waals surface area (Å²) >= 11 is 0. The standard InChI is InChI=1S/C20H21NO3/c1-13-3-6-18-12-17(9-10-19(18)21(13)14(2)22)16-7-4-15(5-8-16)11-20(23)24/h4-5,7-10,12-13H,3,6,11H2,1-2H3,(H,23,24)/t13-/m0/s1. The van der Waals surface area contributed by atoms with Crippen LogP contribution < -0.4 is 4.90 Å². The molecular formula is C20H21NO3. The van der Waals surface area contributed by atoms with Gasteiger partial charge in [0.25, 0.3) is 0 Å². The Labute approximate surface area is 141 Å². The lowest BCUT2D eigenvalue weighted by Crippen LogP contribution is -2.40. The highest BCUT2D eigenvalue weighted by Crippen LogP contribution is 2.34. The highest BCUT2D eigenvalue weighted by Gasteiger charge is 2.26. The normalized spacial score (nSPS) is 16.6. The maximum absolute atomic E-state index is 11.9. The molecule has 0 radical (unpaired) electrons. The monoisotopic (exact) mass is 323 g/mol. The van der Waals surface area contributed by atoms with E-state index in [0.29, 0.717) is 0 Å². The van der Waals surface area contributed by atoms with Crippen LogP contribution in [0, 0.1) is 0 Å². The van der Waals surface area contributed by atoms with Gasteiger partial charge in [0.15, 0.2) is 0 Å². The molecule has 0 unspecified atom stereocenters. The van der Waals surface area contributed by atoms with Crippen molar-refractivity contribution in [1.82, 2.24) is 0 Å². The van der Waals surface area contributed by atoms with Crippen LogP contribution in [0.25, 0.3) is 11.1 Å². The number of carbonyl (C=O) groups excluding carboxylic acids is 1. The first-order valence-corrected chi connectivity index (χ1v) is 8.19. The van der Waals surface area contributed by atoms with E-state index in [1.54, 1.807) is 6.92 Å². The Kier molecular flexibility index (Phi) is 4.38. The Morgan fingerprint density at radius 1 is 1.12 bits per heavy atom. The zero-order valence-corrected chi connectivity index (χ0v) is 14.0. The Morgan fingerprint density at radius 2 is 1.79 bits per heavy atom. The van der Waals surface area contributed by atoms with Crippen LogP contribution >= 0.6 is 0 Å². The third-order valence-corrected chi connectivity index (χ3v) is 4.59. The fourth-order valence-electron chi connectivity index (χ4n) is 3.40. The van der Waals surface area contributed by atoms with Crippen molar-refractivity contribution in [3.8, 4) is 11.1 Å². The minimum Gasteiger partial charge on any atom is -0.481 e. The van der Waals surface area contributed by atoms with Gasteiger partial charge in [-0.05, 0) is 54.2 Å². The summed E-state index contributed by atoms with van der Waals surface area (Å²) in [6.07, 6.45) is 1.97. The molecule has 0 aromatic heterocycles. The number of hydrogen-bond acceptors (Lipinski definition) is 2. The fourth-order valence-corrected chi connectivity index (χ4v) is 3.40. The molecule has 4 heteroatoms. The van der Waals surface area contributed by atoms with Gasteiger partial charge in [0.1, 0.15) is 0 Å². The summed E-state index contributed by atoms with van der Waals surface area (Å²) in [5, 5.41) is 8.84. The first-order valence-electron chi connectivity index (χ1n) is 8.19. The second-order valence-electron chi connectivity index (χ2n) is 6.39. The van der Waals surface area contributed by atoms with Gasteiger partial charge in [-0.1, -0.05) is 30.3 Å². The van der Waals surface area contributed by atoms with E-state index in [-0.39, 0.29) is 18.4 Å². The lowest BCUT2D eigenvalue weighted by molar-refractivity contribution is -0.136. The molecule has 0 aliphatic carbocycles. The summed E-state index contributed by atoms with van der Waals surface area (Å²) in [5.74, 6) is -0.746. The molecule has 0 saturated carbocycles. The maximum Gasteiger partial charge on any atom is 0.307 e. The molecule has 4 nitrogen and oxygen atoms in total. The van der Waals surface area contributed by atoms with Gasteiger partial charge in [0, 0.05) is 18.7 Å². The molecule has 3 rings (SSSR count). The van der Waals surface area contributed by atoms with Gasteiger partial charge in [-0.3, -0.25) is 9.59 Å². The van der Waals surface area contributed by atoms with Crippen molar-refractivity contribution < 1.29 is 14.7 Å². The van der Waals surface area contributed by atoms with Crippen LogP contribution in [0.15, 0.2) is 42.5 Å². The van der Waals surface area contributed by atoms with Crippen molar-refractivity contribution in [3.05, 3.63) is 53.6 Å². The summed E-state index contributed by atoms with van der Waals surface area (Å²) < 4.78 is 0. The van der Waals surface area contributed by atoms with Crippen LogP contribution in [0.1, 0.15) is 31.4 Å². The van der Waals surface area contributed by atoms with E-state index >= 15 is 0 Å². The molecule has 24 heavy (non-hydrogen) atoms. The Balaban J connectivity index is 1.91. The molecule has 124 valence electrons. The van der Waals surface area contributed by atoms with E-state index in [2.05, 4.69) is 13.0 Å². The van der Waals surface area contributed by atoms with E-state index in [9.17, 15) is 9.59 Å². The van der Waals surface area contributed by atoms with Crippen LogP contribution in [-0.4, -0.2) is 23.0 Å². The Bertz CT molecular complexity index is 780. The average molecular weight is 323 g/mol. The van der Waals surface area contributed by atoms with Gasteiger partial charge in [-0.2, -0.15) is 0 Å². The second-order valence-corrected chi connectivity index (χ2v) is 6.39. The molecule has 0 saturated heterocycles. The number of anilines is 1. The van der Waals surface area contributed by atoms with Gasteiger partial charge < -0.3 is 10.0 Å². The third-order valence-electron chi connectivity index (χ3n) is 4.59. The van der Waals surface area contributed by atoms with Crippen LogP contribution in [0.4, 0.5) is 5.69 Å². The predicted molar refractivity (Wildman–Crippen MR) is 94.2 cm³/mol. The zero-order valence-electron chi connectivity index (χ0n) is 14.0. The van der Waals surface area contributed by atoms with Crippen molar-refractivity contribution in [2.24, 2.45) is 0 Å². The molecule has 0 fully saturated rings. The van der Waals surface area contributed by atoms with E-state index in [0.717, 1.165) is 35.2 Å². The van der Waals surface area contributed by atoms with Gasteiger partial charge in [-0.15, -0.1) is 0 Å². The molecule has 0 spiro atoms. The number of carboxylic acid groups (broad SMARTS) is 1. The fraction of sp³-hybridized carbons (Fsp3) is 0.300.